The molecule has 3 heterocycles. The number of fused-ring (bicyclic) bond motifs is 5. The van der Waals surface area contributed by atoms with Crippen molar-refractivity contribution in [1.82, 2.24) is 4.90 Å². The van der Waals surface area contributed by atoms with Gasteiger partial charge in [0.15, 0.2) is 0 Å². The fourth-order valence-corrected chi connectivity index (χ4v) is 5.91. The van der Waals surface area contributed by atoms with Crippen molar-refractivity contribution in [3.05, 3.63) is 33.4 Å². The maximum atomic E-state index is 13.9. The van der Waals surface area contributed by atoms with E-state index in [1.807, 2.05) is 0 Å². The molecule has 6 nitrogen and oxygen atoms in total. The average Bonchev–Trinajstić information content (AvgIpc) is 2.73. The molecule has 1 aliphatic carbocycles. The summed E-state index contributed by atoms with van der Waals surface area (Å²) in [5, 5.41) is 13.1. The van der Waals surface area contributed by atoms with Crippen molar-refractivity contribution >= 4 is 21.6 Å². The average molecular weight is 491 g/mol. The lowest BCUT2D eigenvalue weighted by Gasteiger charge is -2.57. The summed E-state index contributed by atoms with van der Waals surface area (Å²) in [5.41, 5.74) is -0.733. The first kappa shape index (κ1) is 20.4. The summed E-state index contributed by atoms with van der Waals surface area (Å²) in [6.07, 6.45) is -4.04. The Morgan fingerprint density at radius 1 is 1.20 bits per heavy atom. The number of morpholine rings is 1. The largest absolute Gasteiger partial charge is 0.469 e. The van der Waals surface area contributed by atoms with Crippen LogP contribution in [-0.2, 0) is 9.57 Å². The first-order valence-electron chi connectivity index (χ1n) is 10.2. The Labute approximate surface area is 180 Å². The summed E-state index contributed by atoms with van der Waals surface area (Å²) in [5.74, 6) is -0.843. The van der Waals surface area contributed by atoms with Crippen LogP contribution in [0.2, 0.25) is 0 Å². The molecule has 4 atom stereocenters. The molecule has 0 unspecified atom stereocenters. The summed E-state index contributed by atoms with van der Waals surface area (Å²) >= 11 is 3.42. The van der Waals surface area contributed by atoms with Gasteiger partial charge < -0.3 is 14.3 Å². The second-order valence-corrected chi connectivity index (χ2v) is 9.18. The third-order valence-electron chi connectivity index (χ3n) is 6.72. The van der Waals surface area contributed by atoms with Gasteiger partial charge in [0.1, 0.15) is 11.5 Å². The summed E-state index contributed by atoms with van der Waals surface area (Å²) < 4.78 is 53.3. The minimum absolute atomic E-state index is 0.115. The van der Waals surface area contributed by atoms with Gasteiger partial charge in [-0.3, -0.25) is 10.1 Å². The third kappa shape index (κ3) is 3.10. The van der Waals surface area contributed by atoms with Gasteiger partial charge in [0.2, 0.25) is 0 Å². The Morgan fingerprint density at radius 3 is 2.70 bits per heavy atom. The molecule has 1 aromatic carbocycles. The molecule has 3 aliphatic heterocycles. The van der Waals surface area contributed by atoms with Crippen molar-refractivity contribution in [1.29, 1.82) is 0 Å². The molecule has 0 spiro atoms. The number of hydrogen-bond donors (Lipinski definition) is 0. The van der Waals surface area contributed by atoms with E-state index in [0.717, 1.165) is 17.3 Å². The topological polar surface area (TPSA) is 57.0 Å². The summed E-state index contributed by atoms with van der Waals surface area (Å²) in [6.45, 7) is 2.18. The zero-order chi connectivity index (χ0) is 21.1. The van der Waals surface area contributed by atoms with Crippen LogP contribution in [0.3, 0.4) is 0 Å². The molecule has 1 aromatic rings. The Balaban J connectivity index is 1.70. The van der Waals surface area contributed by atoms with Crippen LogP contribution in [0.25, 0.3) is 0 Å². The van der Waals surface area contributed by atoms with E-state index in [-0.39, 0.29) is 16.6 Å². The summed E-state index contributed by atoms with van der Waals surface area (Å²) in [4.78, 5) is 8.09. The number of hydrogen-bond acceptors (Lipinski definition) is 5. The zero-order valence-electron chi connectivity index (χ0n) is 16.2. The van der Waals surface area contributed by atoms with Gasteiger partial charge in [-0.1, -0.05) is 28.8 Å². The molecule has 10 heteroatoms. The lowest BCUT2D eigenvalue weighted by Crippen LogP contribution is -2.68. The predicted molar refractivity (Wildman–Crippen MR) is 104 cm³/mol. The van der Waals surface area contributed by atoms with Crippen molar-refractivity contribution < 1.29 is 32.4 Å². The Bertz CT molecular complexity index is 874. The molecule has 164 valence electrons. The Kier molecular flexibility index (Phi) is 4.94. The molecule has 5 rings (SSSR count). The first-order chi connectivity index (χ1) is 14.3. The minimum atomic E-state index is -4.72. The van der Waals surface area contributed by atoms with Crippen molar-refractivity contribution in [2.24, 2.45) is 5.92 Å². The van der Waals surface area contributed by atoms with Crippen molar-refractivity contribution in [2.45, 2.75) is 49.6 Å². The normalized spacial score (nSPS) is 34.3. The van der Waals surface area contributed by atoms with Crippen LogP contribution in [0.1, 0.15) is 37.2 Å². The van der Waals surface area contributed by atoms with E-state index >= 15 is 0 Å². The standard InChI is InChI=1S/C20H22BrF3N2O4/c21-12-4-5-15-13(11-12)16-14-3-1-2-6-19(14,25-7-9-28-10-8-25)30-26(27)17(16)18(29-15)20(22,23)24/h4-5,11,14,16,18H,1-3,6-10H2/t14-,16+,18-,19-/m1/s1. The SMILES string of the molecule is [O-][N+]1=C2[C@H](C(F)(F)F)Oc3ccc(Br)cc3[C@H]2[C@H]2CCCC[C@@]2(N2CCOCC2)O1. The molecule has 1 saturated carbocycles. The van der Waals surface area contributed by atoms with Gasteiger partial charge in [-0.15, -0.1) is 0 Å². The fourth-order valence-electron chi connectivity index (χ4n) is 5.53. The second-order valence-electron chi connectivity index (χ2n) is 8.27. The van der Waals surface area contributed by atoms with E-state index in [1.54, 1.807) is 18.2 Å². The molecule has 0 bridgehead atoms. The smallest absolute Gasteiger partial charge is 0.435 e. The van der Waals surface area contributed by atoms with Crippen LogP contribution < -0.4 is 4.74 Å². The summed E-state index contributed by atoms with van der Waals surface area (Å²) in [6, 6.07) is 4.96. The van der Waals surface area contributed by atoms with E-state index < -0.39 is 29.6 Å². The maximum Gasteiger partial charge on any atom is 0.435 e. The third-order valence-corrected chi connectivity index (χ3v) is 7.21. The number of benzene rings is 1. The Hall–Kier alpha value is -1.52. The van der Waals surface area contributed by atoms with Crippen LogP contribution in [0.5, 0.6) is 5.75 Å². The van der Waals surface area contributed by atoms with Crippen LogP contribution in [0.4, 0.5) is 13.2 Å². The molecule has 0 aromatic heterocycles. The van der Waals surface area contributed by atoms with E-state index in [4.69, 9.17) is 14.3 Å². The van der Waals surface area contributed by atoms with Gasteiger partial charge >= 0.3 is 6.18 Å². The zero-order valence-corrected chi connectivity index (χ0v) is 17.7. The molecule has 0 amide bonds. The van der Waals surface area contributed by atoms with E-state index in [1.165, 1.54) is 0 Å². The van der Waals surface area contributed by atoms with Gasteiger partial charge in [-0.05, 0) is 31.0 Å². The van der Waals surface area contributed by atoms with Gasteiger partial charge in [-0.2, -0.15) is 13.2 Å². The highest BCUT2D eigenvalue weighted by molar-refractivity contribution is 9.10. The fraction of sp³-hybridized carbons (Fsp3) is 0.650. The van der Waals surface area contributed by atoms with E-state index in [9.17, 15) is 18.4 Å². The van der Waals surface area contributed by atoms with Gasteiger partial charge in [0, 0.05) is 33.9 Å². The van der Waals surface area contributed by atoms with Crippen LogP contribution >= 0.6 is 15.9 Å². The van der Waals surface area contributed by atoms with Gasteiger partial charge in [0.25, 0.3) is 11.8 Å². The molecular weight excluding hydrogens is 469 g/mol. The second kappa shape index (κ2) is 7.27. The molecule has 30 heavy (non-hydrogen) atoms. The van der Waals surface area contributed by atoms with Gasteiger partial charge in [-0.25, -0.2) is 0 Å². The first-order valence-corrected chi connectivity index (χ1v) is 11.0. The lowest BCUT2D eigenvalue weighted by molar-refractivity contribution is -0.788. The molecular formula is C20H22BrF3N2O4. The highest BCUT2D eigenvalue weighted by Gasteiger charge is 2.64. The van der Waals surface area contributed by atoms with Crippen molar-refractivity contribution in [3.63, 3.8) is 0 Å². The van der Waals surface area contributed by atoms with Crippen LogP contribution in [-0.4, -0.2) is 59.8 Å². The Morgan fingerprint density at radius 2 is 1.97 bits per heavy atom. The molecule has 0 N–H and O–H groups in total. The highest BCUT2D eigenvalue weighted by Crippen LogP contribution is 2.54. The highest BCUT2D eigenvalue weighted by atomic mass is 79.9. The number of ether oxygens (including phenoxy) is 2. The predicted octanol–water partition coefficient (Wildman–Crippen LogP) is 3.97. The number of alkyl halides is 3. The molecule has 0 radical (unpaired) electrons. The lowest BCUT2D eigenvalue weighted by atomic mass is 9.66. The van der Waals surface area contributed by atoms with E-state index in [0.29, 0.717) is 44.7 Å². The van der Waals surface area contributed by atoms with Gasteiger partial charge in [0.05, 0.1) is 19.1 Å². The van der Waals surface area contributed by atoms with Crippen LogP contribution in [0, 0.1) is 11.1 Å². The summed E-state index contributed by atoms with van der Waals surface area (Å²) in [7, 11) is 0. The van der Waals surface area contributed by atoms with Crippen LogP contribution in [0.15, 0.2) is 22.7 Å². The molecule has 4 aliphatic rings. The quantitative estimate of drug-likeness (QED) is 0.557. The minimum Gasteiger partial charge on any atom is -0.469 e. The maximum absolute atomic E-state index is 13.9. The van der Waals surface area contributed by atoms with Crippen molar-refractivity contribution in [3.8, 4) is 5.75 Å². The van der Waals surface area contributed by atoms with E-state index in [2.05, 4.69) is 20.8 Å². The number of rotatable bonds is 1. The monoisotopic (exact) mass is 490 g/mol. The number of nitrogens with zero attached hydrogens (tertiary/aromatic N) is 2. The number of halogens is 4. The molecule has 2 fully saturated rings. The molecule has 1 saturated heterocycles. The van der Waals surface area contributed by atoms with Crippen molar-refractivity contribution in [2.75, 3.05) is 26.3 Å².